The molecule has 5 nitrogen and oxygen atoms in total. The van der Waals surface area contributed by atoms with Gasteiger partial charge >= 0.3 is 6.09 Å². The number of rotatable bonds is 4. The number of likely N-dealkylation sites (N-methyl/N-ethyl adjacent to an activating group) is 1. The Morgan fingerprint density at radius 1 is 1.50 bits per heavy atom. The fraction of sp³-hybridized carbons (Fsp3) is 0.647. The Kier molecular flexibility index (Phi) is 5.40. The summed E-state index contributed by atoms with van der Waals surface area (Å²) in [4.78, 5) is 20.5. The third kappa shape index (κ3) is 4.98. The molecule has 2 heterocycles. The smallest absolute Gasteiger partial charge is 0.410 e. The van der Waals surface area contributed by atoms with Crippen LogP contribution in [0.4, 0.5) is 4.79 Å². The number of amides is 1. The van der Waals surface area contributed by atoms with Gasteiger partial charge in [0.2, 0.25) is 0 Å². The lowest BCUT2D eigenvalue weighted by Crippen LogP contribution is -2.44. The lowest BCUT2D eigenvalue weighted by molar-refractivity contribution is 0.0201. The molecule has 1 saturated heterocycles. The maximum absolute atomic E-state index is 12.3. The van der Waals surface area contributed by atoms with Crippen molar-refractivity contribution in [1.82, 2.24) is 14.8 Å². The second kappa shape index (κ2) is 7.09. The molecule has 0 unspecified atom stereocenters. The number of pyridine rings is 1. The van der Waals surface area contributed by atoms with Crippen LogP contribution in [-0.2, 0) is 11.3 Å². The van der Waals surface area contributed by atoms with Gasteiger partial charge in [0.05, 0.1) is 0 Å². The van der Waals surface area contributed by atoms with Gasteiger partial charge in [-0.3, -0.25) is 4.98 Å². The van der Waals surface area contributed by atoms with Crippen molar-refractivity contribution in [2.75, 3.05) is 20.1 Å². The van der Waals surface area contributed by atoms with Crippen LogP contribution in [0.1, 0.15) is 39.2 Å². The molecule has 0 aromatic carbocycles. The van der Waals surface area contributed by atoms with Crippen molar-refractivity contribution < 1.29 is 9.53 Å². The molecule has 1 aliphatic heterocycles. The molecule has 1 fully saturated rings. The van der Waals surface area contributed by atoms with Gasteiger partial charge in [-0.25, -0.2) is 4.79 Å². The highest BCUT2D eigenvalue weighted by atomic mass is 16.6. The zero-order chi connectivity index (χ0) is 16.2. The molecule has 2 rings (SSSR count). The molecule has 0 bridgehead atoms. The second-order valence-corrected chi connectivity index (χ2v) is 7.03. The van der Waals surface area contributed by atoms with Gasteiger partial charge in [0.25, 0.3) is 0 Å². The average Bonchev–Trinajstić information content (AvgIpc) is 2.86. The van der Waals surface area contributed by atoms with Crippen molar-refractivity contribution in [2.24, 2.45) is 0 Å². The molecular formula is C17H27N3O2. The minimum atomic E-state index is -0.439. The van der Waals surface area contributed by atoms with Gasteiger partial charge in [-0.2, -0.15) is 0 Å². The van der Waals surface area contributed by atoms with Crippen molar-refractivity contribution in [1.29, 1.82) is 0 Å². The van der Waals surface area contributed by atoms with Gasteiger partial charge in [0.15, 0.2) is 0 Å². The Labute approximate surface area is 133 Å². The van der Waals surface area contributed by atoms with Gasteiger partial charge in [0.1, 0.15) is 5.60 Å². The van der Waals surface area contributed by atoms with Crippen molar-refractivity contribution in [3.05, 3.63) is 30.1 Å². The Morgan fingerprint density at radius 2 is 2.27 bits per heavy atom. The van der Waals surface area contributed by atoms with E-state index >= 15 is 0 Å². The number of aromatic nitrogens is 1. The van der Waals surface area contributed by atoms with E-state index in [1.807, 2.05) is 37.9 Å². The van der Waals surface area contributed by atoms with Crippen molar-refractivity contribution in [3.63, 3.8) is 0 Å². The molecule has 1 aromatic heterocycles. The number of hydrogen-bond donors (Lipinski definition) is 0. The summed E-state index contributed by atoms with van der Waals surface area (Å²) in [5.74, 6) is 0. The van der Waals surface area contributed by atoms with Crippen LogP contribution in [0, 0.1) is 0 Å². The monoisotopic (exact) mass is 305 g/mol. The zero-order valence-corrected chi connectivity index (χ0v) is 14.1. The Hall–Kier alpha value is -1.62. The summed E-state index contributed by atoms with van der Waals surface area (Å²) in [6, 6.07) is 4.26. The van der Waals surface area contributed by atoms with E-state index in [2.05, 4.69) is 23.0 Å². The topological polar surface area (TPSA) is 45.7 Å². The van der Waals surface area contributed by atoms with E-state index < -0.39 is 5.60 Å². The molecule has 22 heavy (non-hydrogen) atoms. The van der Waals surface area contributed by atoms with Gasteiger partial charge < -0.3 is 14.5 Å². The lowest BCUT2D eigenvalue weighted by Gasteiger charge is -2.30. The van der Waals surface area contributed by atoms with Crippen molar-refractivity contribution in [2.45, 2.75) is 51.8 Å². The highest BCUT2D eigenvalue weighted by Crippen LogP contribution is 2.21. The number of likely N-dealkylation sites (tertiary alicyclic amines) is 1. The first-order chi connectivity index (χ1) is 10.3. The summed E-state index contributed by atoms with van der Waals surface area (Å²) < 4.78 is 5.51. The fourth-order valence-electron chi connectivity index (χ4n) is 2.81. The number of hydrogen-bond acceptors (Lipinski definition) is 4. The summed E-state index contributed by atoms with van der Waals surface area (Å²) in [6.07, 6.45) is 5.56. The van der Waals surface area contributed by atoms with E-state index in [1.165, 1.54) is 5.56 Å². The summed E-state index contributed by atoms with van der Waals surface area (Å²) in [6.45, 7) is 8.21. The molecule has 0 radical (unpaired) electrons. The first kappa shape index (κ1) is 16.7. The van der Waals surface area contributed by atoms with Crippen LogP contribution in [0.15, 0.2) is 24.5 Å². The van der Waals surface area contributed by atoms with Gasteiger partial charge in [0, 0.05) is 38.1 Å². The van der Waals surface area contributed by atoms with E-state index in [0.717, 1.165) is 32.5 Å². The van der Waals surface area contributed by atoms with Crippen LogP contribution < -0.4 is 0 Å². The highest BCUT2D eigenvalue weighted by molar-refractivity contribution is 5.69. The Bertz CT molecular complexity index is 484. The van der Waals surface area contributed by atoms with Crippen molar-refractivity contribution >= 4 is 6.09 Å². The van der Waals surface area contributed by atoms with Crippen LogP contribution in [0.25, 0.3) is 0 Å². The number of carbonyl (C=O) groups excluding carboxylic acids is 1. The molecule has 5 heteroatoms. The molecule has 1 aromatic rings. The maximum Gasteiger partial charge on any atom is 0.410 e. The third-order valence-corrected chi connectivity index (χ3v) is 3.70. The molecule has 0 aliphatic carbocycles. The molecule has 1 aliphatic rings. The SMILES string of the molecule is CN(Cc1cccnc1)C[C@H]1CCCN1C(=O)OC(C)(C)C. The predicted octanol–water partition coefficient (Wildman–Crippen LogP) is 2.91. The minimum Gasteiger partial charge on any atom is -0.444 e. The van der Waals surface area contributed by atoms with E-state index in [9.17, 15) is 4.79 Å². The lowest BCUT2D eigenvalue weighted by atomic mass is 10.2. The summed E-state index contributed by atoms with van der Waals surface area (Å²) in [5, 5.41) is 0. The Morgan fingerprint density at radius 3 is 2.91 bits per heavy atom. The van der Waals surface area contributed by atoms with Gasteiger partial charge in [-0.1, -0.05) is 6.07 Å². The first-order valence-corrected chi connectivity index (χ1v) is 7.92. The molecule has 0 spiro atoms. The van der Waals surface area contributed by atoms with Crippen LogP contribution in [0.5, 0.6) is 0 Å². The molecular weight excluding hydrogens is 278 g/mol. The van der Waals surface area contributed by atoms with Gasteiger partial charge in [-0.15, -0.1) is 0 Å². The van der Waals surface area contributed by atoms with Gasteiger partial charge in [-0.05, 0) is 52.3 Å². The minimum absolute atomic E-state index is 0.190. The molecule has 1 atom stereocenters. The molecule has 122 valence electrons. The predicted molar refractivity (Wildman–Crippen MR) is 86.5 cm³/mol. The fourth-order valence-corrected chi connectivity index (χ4v) is 2.81. The zero-order valence-electron chi connectivity index (χ0n) is 14.1. The van der Waals surface area contributed by atoms with Crippen LogP contribution >= 0.6 is 0 Å². The van der Waals surface area contributed by atoms with E-state index in [-0.39, 0.29) is 12.1 Å². The second-order valence-electron chi connectivity index (χ2n) is 7.03. The van der Waals surface area contributed by atoms with Crippen molar-refractivity contribution in [3.8, 4) is 0 Å². The first-order valence-electron chi connectivity index (χ1n) is 7.92. The average molecular weight is 305 g/mol. The molecule has 0 saturated carbocycles. The van der Waals surface area contributed by atoms with Crippen LogP contribution in [0.3, 0.4) is 0 Å². The highest BCUT2D eigenvalue weighted by Gasteiger charge is 2.32. The number of carbonyl (C=O) groups is 1. The summed E-state index contributed by atoms with van der Waals surface area (Å²) in [5.41, 5.74) is 0.748. The number of nitrogens with zero attached hydrogens (tertiary/aromatic N) is 3. The quantitative estimate of drug-likeness (QED) is 0.858. The van der Waals surface area contributed by atoms with Crippen LogP contribution in [-0.4, -0.2) is 52.7 Å². The number of ether oxygens (including phenoxy) is 1. The normalized spacial score (nSPS) is 18.8. The van der Waals surface area contributed by atoms with E-state index in [1.54, 1.807) is 6.20 Å². The summed E-state index contributed by atoms with van der Waals surface area (Å²) in [7, 11) is 2.08. The van der Waals surface area contributed by atoms with Crippen LogP contribution in [0.2, 0.25) is 0 Å². The molecule has 1 amide bonds. The third-order valence-electron chi connectivity index (χ3n) is 3.70. The van der Waals surface area contributed by atoms with E-state index in [4.69, 9.17) is 4.74 Å². The largest absolute Gasteiger partial charge is 0.444 e. The van der Waals surface area contributed by atoms with E-state index in [0.29, 0.717) is 0 Å². The summed E-state index contributed by atoms with van der Waals surface area (Å²) >= 11 is 0. The maximum atomic E-state index is 12.3. The Balaban J connectivity index is 1.89. The molecule has 0 N–H and O–H groups in total. The standard InChI is InChI=1S/C17H27N3O2/c1-17(2,3)22-16(21)20-10-6-8-15(20)13-19(4)12-14-7-5-9-18-11-14/h5,7,9,11,15H,6,8,10,12-13H2,1-4H3/t15-/m1/s1.